The first kappa shape index (κ1) is 21.3. The van der Waals surface area contributed by atoms with Gasteiger partial charge in [0.05, 0.1) is 32.4 Å². The molecular weight excluding hydrogens is 438 g/mol. The average Bonchev–Trinajstić information content (AvgIpc) is 3.37. The number of fused-ring (bicyclic) bond motifs is 1. The van der Waals surface area contributed by atoms with Crippen LogP contribution in [0, 0.1) is 0 Å². The predicted molar refractivity (Wildman–Crippen MR) is 117 cm³/mol. The molecule has 0 spiro atoms. The summed E-state index contributed by atoms with van der Waals surface area (Å²) in [5.74, 6) is 1.30. The van der Waals surface area contributed by atoms with E-state index in [0.29, 0.717) is 28.2 Å². The molecule has 4 rings (SSSR count). The van der Waals surface area contributed by atoms with E-state index < -0.39 is 10.0 Å². The van der Waals surface area contributed by atoms with Crippen LogP contribution >= 0.6 is 0 Å². The Morgan fingerprint density at radius 1 is 1.00 bits per heavy atom. The smallest absolute Gasteiger partial charge is 0.270 e. The topological polar surface area (TPSA) is 130 Å². The van der Waals surface area contributed by atoms with Crippen LogP contribution in [0.25, 0.3) is 11.0 Å². The van der Waals surface area contributed by atoms with Gasteiger partial charge >= 0.3 is 0 Å². The number of nitrogens with zero attached hydrogens (tertiary/aromatic N) is 3. The number of nitrogens with one attached hydrogen (secondary N) is 2. The summed E-state index contributed by atoms with van der Waals surface area (Å²) in [4.78, 5) is -0.151. The first-order chi connectivity index (χ1) is 15.4. The van der Waals surface area contributed by atoms with E-state index in [1.165, 1.54) is 33.5 Å². The van der Waals surface area contributed by atoms with Crippen molar-refractivity contribution in [3.63, 3.8) is 0 Å². The zero-order chi connectivity index (χ0) is 22.9. The molecule has 2 aromatic heterocycles. The molecule has 0 unspecified atom stereocenters. The van der Waals surface area contributed by atoms with Crippen LogP contribution in [0.3, 0.4) is 0 Å². The first-order valence-electron chi connectivity index (χ1n) is 9.34. The summed E-state index contributed by atoms with van der Waals surface area (Å²) in [5.41, 5.74) is 0.921. The molecule has 0 aliphatic heterocycles. The minimum atomic E-state index is -4.13. The van der Waals surface area contributed by atoms with Crippen LogP contribution in [0.4, 0.5) is 17.3 Å². The lowest BCUT2D eigenvalue weighted by atomic mass is 10.2. The van der Waals surface area contributed by atoms with E-state index in [-0.39, 0.29) is 22.2 Å². The molecule has 0 fully saturated rings. The molecule has 0 amide bonds. The number of hydrogen-bond donors (Lipinski definition) is 2. The molecule has 12 heteroatoms. The summed E-state index contributed by atoms with van der Waals surface area (Å²) >= 11 is 0. The van der Waals surface area contributed by atoms with Gasteiger partial charge in [0, 0.05) is 25.4 Å². The Balaban J connectivity index is 1.73. The Bertz CT molecular complexity index is 1360. The number of sulfonamides is 1. The molecule has 168 valence electrons. The van der Waals surface area contributed by atoms with Crippen molar-refractivity contribution in [2.45, 2.75) is 4.90 Å². The SMILES string of the molecule is COc1cc2c(NS(=O)(=O)c3c(OC)cccc3OC)noc2cc1Nc1ccn(C)n1. The molecule has 0 saturated carbocycles. The number of aryl methyl sites for hydroxylation is 1. The van der Waals surface area contributed by atoms with Crippen molar-refractivity contribution in [1.29, 1.82) is 0 Å². The third kappa shape index (κ3) is 3.87. The van der Waals surface area contributed by atoms with Gasteiger partial charge in [0.1, 0.15) is 17.2 Å². The number of anilines is 3. The van der Waals surface area contributed by atoms with Gasteiger partial charge in [-0.1, -0.05) is 11.2 Å². The van der Waals surface area contributed by atoms with Gasteiger partial charge < -0.3 is 24.1 Å². The van der Waals surface area contributed by atoms with Crippen LogP contribution < -0.4 is 24.2 Å². The summed E-state index contributed by atoms with van der Waals surface area (Å²) in [6.07, 6.45) is 1.79. The Labute approximate surface area is 183 Å². The van der Waals surface area contributed by atoms with Gasteiger partial charge in [-0.2, -0.15) is 5.10 Å². The predicted octanol–water partition coefficient (Wildman–Crippen LogP) is 3.13. The molecule has 2 heterocycles. The summed E-state index contributed by atoms with van der Waals surface area (Å²) in [7, 11) is 1.93. The normalized spacial score (nSPS) is 11.4. The standard InChI is InChI=1S/C20H21N5O6S/c1-25-9-8-18(22-25)21-13-11-16-12(10-17(13)30-4)20(23-31-16)24-32(26,27)19-14(28-2)6-5-7-15(19)29-3/h5-11H,1-4H3,(H,21,22)(H,23,24). The zero-order valence-corrected chi connectivity index (χ0v) is 18.6. The average molecular weight is 459 g/mol. The van der Waals surface area contributed by atoms with Gasteiger partial charge in [0.15, 0.2) is 22.1 Å². The van der Waals surface area contributed by atoms with Crippen LogP contribution in [-0.2, 0) is 17.1 Å². The fraction of sp³-hybridized carbons (Fsp3) is 0.200. The van der Waals surface area contributed by atoms with E-state index in [9.17, 15) is 8.42 Å². The second-order valence-corrected chi connectivity index (χ2v) is 8.30. The summed E-state index contributed by atoms with van der Waals surface area (Å²) in [6, 6.07) is 9.74. The Morgan fingerprint density at radius 3 is 2.28 bits per heavy atom. The number of hydrogen-bond acceptors (Lipinski definition) is 9. The minimum Gasteiger partial charge on any atom is -0.495 e. The molecular formula is C20H21N5O6S. The molecule has 0 aliphatic rings. The second-order valence-electron chi connectivity index (χ2n) is 6.68. The number of methoxy groups -OCH3 is 3. The molecule has 32 heavy (non-hydrogen) atoms. The van der Waals surface area contributed by atoms with E-state index in [2.05, 4.69) is 20.3 Å². The molecule has 0 radical (unpaired) electrons. The fourth-order valence-electron chi connectivity index (χ4n) is 3.18. The number of rotatable bonds is 8. The highest BCUT2D eigenvalue weighted by Crippen LogP contribution is 2.38. The molecule has 2 N–H and O–H groups in total. The largest absolute Gasteiger partial charge is 0.495 e. The first-order valence-corrected chi connectivity index (χ1v) is 10.8. The molecule has 0 bridgehead atoms. The van der Waals surface area contributed by atoms with Crippen molar-refractivity contribution in [2.24, 2.45) is 7.05 Å². The lowest BCUT2D eigenvalue weighted by Gasteiger charge is -2.14. The molecule has 2 aromatic carbocycles. The van der Waals surface area contributed by atoms with Gasteiger partial charge in [0.25, 0.3) is 10.0 Å². The highest BCUT2D eigenvalue weighted by Gasteiger charge is 2.27. The van der Waals surface area contributed by atoms with Crippen LogP contribution in [-0.4, -0.2) is 44.7 Å². The van der Waals surface area contributed by atoms with Crippen LogP contribution in [0.15, 0.2) is 52.0 Å². The van der Waals surface area contributed by atoms with Gasteiger partial charge in [-0.3, -0.25) is 9.40 Å². The van der Waals surface area contributed by atoms with E-state index in [1.807, 2.05) is 0 Å². The Hall–Kier alpha value is -3.93. The zero-order valence-electron chi connectivity index (χ0n) is 17.7. The van der Waals surface area contributed by atoms with Gasteiger partial charge in [-0.25, -0.2) is 8.42 Å². The fourth-order valence-corrected chi connectivity index (χ4v) is 4.52. The number of ether oxygens (including phenoxy) is 3. The van der Waals surface area contributed by atoms with Crippen molar-refractivity contribution in [3.8, 4) is 17.2 Å². The lowest BCUT2D eigenvalue weighted by molar-refractivity contribution is 0.373. The Kier molecular flexibility index (Phi) is 5.53. The number of aromatic nitrogens is 3. The Morgan fingerprint density at radius 2 is 1.69 bits per heavy atom. The molecule has 0 atom stereocenters. The second kappa shape index (κ2) is 8.30. The van der Waals surface area contributed by atoms with Gasteiger partial charge in [-0.05, 0) is 18.2 Å². The van der Waals surface area contributed by atoms with E-state index in [1.54, 1.807) is 42.2 Å². The molecule has 0 aliphatic carbocycles. The number of benzene rings is 2. The minimum absolute atomic E-state index is 0.00403. The van der Waals surface area contributed by atoms with Crippen LogP contribution in [0.1, 0.15) is 0 Å². The maximum absolute atomic E-state index is 13.2. The third-order valence-electron chi connectivity index (χ3n) is 4.65. The quantitative estimate of drug-likeness (QED) is 0.408. The van der Waals surface area contributed by atoms with Crippen molar-refractivity contribution in [2.75, 3.05) is 31.4 Å². The summed E-state index contributed by atoms with van der Waals surface area (Å²) < 4.78 is 51.7. The van der Waals surface area contributed by atoms with Crippen molar-refractivity contribution < 1.29 is 27.2 Å². The van der Waals surface area contributed by atoms with Crippen molar-refractivity contribution in [1.82, 2.24) is 14.9 Å². The third-order valence-corrected chi connectivity index (χ3v) is 6.05. The van der Waals surface area contributed by atoms with Crippen LogP contribution in [0.5, 0.6) is 17.2 Å². The van der Waals surface area contributed by atoms with Crippen molar-refractivity contribution >= 4 is 38.3 Å². The monoisotopic (exact) mass is 459 g/mol. The van der Waals surface area contributed by atoms with Crippen molar-refractivity contribution in [3.05, 3.63) is 42.6 Å². The van der Waals surface area contributed by atoms with Crippen LogP contribution in [0.2, 0.25) is 0 Å². The maximum Gasteiger partial charge on any atom is 0.270 e. The van der Waals surface area contributed by atoms with E-state index in [4.69, 9.17) is 18.7 Å². The van der Waals surface area contributed by atoms with E-state index >= 15 is 0 Å². The van der Waals surface area contributed by atoms with E-state index in [0.717, 1.165) is 0 Å². The highest BCUT2D eigenvalue weighted by atomic mass is 32.2. The summed E-state index contributed by atoms with van der Waals surface area (Å²) in [5, 5.41) is 11.7. The highest BCUT2D eigenvalue weighted by molar-refractivity contribution is 7.93. The molecule has 4 aromatic rings. The molecule has 11 nitrogen and oxygen atoms in total. The molecule has 0 saturated heterocycles. The summed E-state index contributed by atoms with van der Waals surface area (Å²) in [6.45, 7) is 0. The maximum atomic E-state index is 13.2. The van der Waals surface area contributed by atoms with Gasteiger partial charge in [-0.15, -0.1) is 0 Å². The lowest BCUT2D eigenvalue weighted by Crippen LogP contribution is -2.15. The van der Waals surface area contributed by atoms with Gasteiger partial charge in [0.2, 0.25) is 0 Å².